The Labute approximate surface area is 123 Å². The number of pyridine rings is 1. The first-order valence-corrected chi connectivity index (χ1v) is 7.68. The van der Waals surface area contributed by atoms with Crippen LogP contribution in [0, 0.1) is 6.92 Å². The molecule has 0 radical (unpaired) electrons. The minimum atomic E-state index is -3.57. The summed E-state index contributed by atoms with van der Waals surface area (Å²) in [6.07, 6.45) is 3.01. The zero-order chi connectivity index (χ0) is 15.5. The van der Waals surface area contributed by atoms with Crippen molar-refractivity contribution in [2.75, 3.05) is 12.4 Å². The van der Waals surface area contributed by atoms with Gasteiger partial charge in [-0.1, -0.05) is 6.07 Å². The molecule has 7 heteroatoms. The standard InChI is InChI=1S/C14H15N3O3S/c1-10-5-6-12(8-13(10)21(19,20)15-2)17-14(18)11-4-3-7-16-9-11/h3-9,15H,1-2H3,(H,17,18). The molecule has 1 heterocycles. The Kier molecular flexibility index (Phi) is 4.35. The Bertz CT molecular complexity index is 758. The first-order chi connectivity index (χ1) is 9.94. The van der Waals surface area contributed by atoms with Crippen LogP contribution >= 0.6 is 0 Å². The van der Waals surface area contributed by atoms with Gasteiger partial charge in [0.1, 0.15) is 0 Å². The number of anilines is 1. The van der Waals surface area contributed by atoms with Gasteiger partial charge < -0.3 is 5.32 Å². The van der Waals surface area contributed by atoms with Gasteiger partial charge >= 0.3 is 0 Å². The molecule has 0 aliphatic carbocycles. The van der Waals surface area contributed by atoms with Gasteiger partial charge in [0.05, 0.1) is 10.5 Å². The molecule has 2 rings (SSSR count). The maximum Gasteiger partial charge on any atom is 0.257 e. The average Bonchev–Trinajstić information content (AvgIpc) is 2.50. The highest BCUT2D eigenvalue weighted by molar-refractivity contribution is 7.89. The van der Waals surface area contributed by atoms with Crippen molar-refractivity contribution in [2.45, 2.75) is 11.8 Å². The van der Waals surface area contributed by atoms with Gasteiger partial charge in [-0.2, -0.15) is 0 Å². The molecular weight excluding hydrogens is 290 g/mol. The van der Waals surface area contributed by atoms with Crippen LogP contribution in [0.3, 0.4) is 0 Å². The van der Waals surface area contributed by atoms with E-state index in [0.717, 1.165) is 0 Å². The van der Waals surface area contributed by atoms with Crippen molar-refractivity contribution in [3.05, 3.63) is 53.9 Å². The van der Waals surface area contributed by atoms with E-state index in [-0.39, 0.29) is 10.8 Å². The Balaban J connectivity index is 2.31. The maximum atomic E-state index is 12.0. The van der Waals surface area contributed by atoms with E-state index < -0.39 is 10.0 Å². The number of benzene rings is 1. The lowest BCUT2D eigenvalue weighted by atomic mass is 10.2. The molecule has 1 aromatic heterocycles. The normalized spacial score (nSPS) is 11.1. The molecular formula is C14H15N3O3S. The number of hydrogen-bond acceptors (Lipinski definition) is 4. The second kappa shape index (κ2) is 6.02. The topological polar surface area (TPSA) is 88.2 Å². The van der Waals surface area contributed by atoms with Gasteiger partial charge in [0, 0.05) is 18.1 Å². The summed E-state index contributed by atoms with van der Waals surface area (Å²) >= 11 is 0. The lowest BCUT2D eigenvalue weighted by Crippen LogP contribution is -2.20. The van der Waals surface area contributed by atoms with Crippen molar-refractivity contribution in [2.24, 2.45) is 0 Å². The number of aryl methyl sites for hydroxylation is 1. The first kappa shape index (κ1) is 15.1. The summed E-state index contributed by atoms with van der Waals surface area (Å²) in [5.74, 6) is -0.347. The maximum absolute atomic E-state index is 12.0. The highest BCUT2D eigenvalue weighted by Crippen LogP contribution is 2.20. The zero-order valence-corrected chi connectivity index (χ0v) is 12.4. The van der Waals surface area contributed by atoms with Gasteiger partial charge in [0.15, 0.2) is 0 Å². The van der Waals surface area contributed by atoms with E-state index in [1.165, 1.54) is 19.3 Å². The van der Waals surface area contributed by atoms with Crippen molar-refractivity contribution < 1.29 is 13.2 Å². The molecule has 0 saturated heterocycles. The van der Waals surface area contributed by atoms with Crippen LogP contribution in [-0.4, -0.2) is 26.4 Å². The largest absolute Gasteiger partial charge is 0.322 e. The quantitative estimate of drug-likeness (QED) is 0.897. The summed E-state index contributed by atoms with van der Waals surface area (Å²) in [4.78, 5) is 16.0. The summed E-state index contributed by atoms with van der Waals surface area (Å²) in [6.45, 7) is 1.69. The van der Waals surface area contributed by atoms with Crippen molar-refractivity contribution in [3.63, 3.8) is 0 Å². The van der Waals surface area contributed by atoms with Crippen LogP contribution in [0.25, 0.3) is 0 Å². The van der Waals surface area contributed by atoms with Crippen molar-refractivity contribution in [1.82, 2.24) is 9.71 Å². The Morgan fingerprint density at radius 3 is 2.62 bits per heavy atom. The van der Waals surface area contributed by atoms with Crippen LogP contribution in [-0.2, 0) is 10.0 Å². The smallest absolute Gasteiger partial charge is 0.257 e. The lowest BCUT2D eigenvalue weighted by Gasteiger charge is -2.10. The highest BCUT2D eigenvalue weighted by atomic mass is 32.2. The molecule has 0 unspecified atom stereocenters. The van der Waals surface area contributed by atoms with Gasteiger partial charge in [-0.25, -0.2) is 13.1 Å². The molecule has 0 spiro atoms. The van der Waals surface area contributed by atoms with E-state index in [1.54, 1.807) is 37.4 Å². The van der Waals surface area contributed by atoms with Crippen molar-refractivity contribution in [1.29, 1.82) is 0 Å². The van der Waals surface area contributed by atoms with E-state index in [0.29, 0.717) is 16.8 Å². The molecule has 0 aliphatic heterocycles. The fourth-order valence-corrected chi connectivity index (χ4v) is 2.77. The van der Waals surface area contributed by atoms with Gasteiger partial charge in [-0.05, 0) is 43.8 Å². The number of carbonyl (C=O) groups is 1. The van der Waals surface area contributed by atoms with Crippen LogP contribution in [0.2, 0.25) is 0 Å². The van der Waals surface area contributed by atoms with E-state index in [2.05, 4.69) is 15.0 Å². The summed E-state index contributed by atoms with van der Waals surface area (Å²) < 4.78 is 26.1. The third-order valence-electron chi connectivity index (χ3n) is 2.93. The molecule has 2 N–H and O–H groups in total. The molecule has 0 saturated carbocycles. The Hall–Kier alpha value is -2.25. The second-order valence-electron chi connectivity index (χ2n) is 4.38. The molecule has 2 aromatic rings. The Morgan fingerprint density at radius 1 is 1.24 bits per heavy atom. The lowest BCUT2D eigenvalue weighted by molar-refractivity contribution is 0.102. The average molecular weight is 305 g/mol. The molecule has 21 heavy (non-hydrogen) atoms. The number of aromatic nitrogens is 1. The highest BCUT2D eigenvalue weighted by Gasteiger charge is 2.16. The summed E-state index contributed by atoms with van der Waals surface area (Å²) in [7, 11) is -2.22. The summed E-state index contributed by atoms with van der Waals surface area (Å²) in [5.41, 5.74) is 1.41. The minimum Gasteiger partial charge on any atom is -0.322 e. The molecule has 0 fully saturated rings. The third kappa shape index (κ3) is 3.45. The minimum absolute atomic E-state index is 0.133. The molecule has 1 amide bonds. The molecule has 6 nitrogen and oxygen atoms in total. The van der Waals surface area contributed by atoms with E-state index >= 15 is 0 Å². The van der Waals surface area contributed by atoms with Gasteiger partial charge in [0.2, 0.25) is 10.0 Å². The first-order valence-electron chi connectivity index (χ1n) is 6.19. The number of sulfonamides is 1. The van der Waals surface area contributed by atoms with Crippen molar-refractivity contribution >= 4 is 21.6 Å². The van der Waals surface area contributed by atoms with E-state index in [9.17, 15) is 13.2 Å². The fourth-order valence-electron chi connectivity index (χ4n) is 1.78. The monoisotopic (exact) mass is 305 g/mol. The van der Waals surface area contributed by atoms with Gasteiger partial charge in [0.25, 0.3) is 5.91 Å². The predicted molar refractivity (Wildman–Crippen MR) is 79.6 cm³/mol. The molecule has 0 bridgehead atoms. The predicted octanol–water partition coefficient (Wildman–Crippen LogP) is 1.55. The van der Waals surface area contributed by atoms with Gasteiger partial charge in [-0.3, -0.25) is 9.78 Å². The SMILES string of the molecule is CNS(=O)(=O)c1cc(NC(=O)c2cccnc2)ccc1C. The van der Waals surface area contributed by atoms with Crippen molar-refractivity contribution in [3.8, 4) is 0 Å². The van der Waals surface area contributed by atoms with E-state index in [1.807, 2.05) is 0 Å². The molecule has 0 aliphatic rings. The van der Waals surface area contributed by atoms with Crippen LogP contribution in [0.5, 0.6) is 0 Å². The molecule has 110 valence electrons. The number of nitrogens with zero attached hydrogens (tertiary/aromatic N) is 1. The number of rotatable bonds is 4. The molecule has 0 atom stereocenters. The summed E-state index contributed by atoms with van der Waals surface area (Å²) in [5, 5.41) is 2.65. The number of hydrogen-bond donors (Lipinski definition) is 2. The summed E-state index contributed by atoms with van der Waals surface area (Å²) in [6, 6.07) is 8.00. The zero-order valence-electron chi connectivity index (χ0n) is 11.6. The van der Waals surface area contributed by atoms with Gasteiger partial charge in [-0.15, -0.1) is 0 Å². The van der Waals surface area contributed by atoms with E-state index in [4.69, 9.17) is 0 Å². The Morgan fingerprint density at radius 2 is 2.00 bits per heavy atom. The fraction of sp³-hybridized carbons (Fsp3) is 0.143. The van der Waals surface area contributed by atoms with Crippen LogP contribution in [0.15, 0.2) is 47.6 Å². The molecule has 1 aromatic carbocycles. The van der Waals surface area contributed by atoms with Crippen LogP contribution < -0.4 is 10.0 Å². The second-order valence-corrected chi connectivity index (χ2v) is 6.24. The number of nitrogens with one attached hydrogen (secondary N) is 2. The number of amides is 1. The van der Waals surface area contributed by atoms with Crippen LogP contribution in [0.1, 0.15) is 15.9 Å². The third-order valence-corrected chi connectivity index (χ3v) is 4.48. The van der Waals surface area contributed by atoms with Crippen LogP contribution in [0.4, 0.5) is 5.69 Å². The number of carbonyl (C=O) groups excluding carboxylic acids is 1.